The molecule has 0 heterocycles. The third kappa shape index (κ3) is 11.8. The van der Waals surface area contributed by atoms with Crippen molar-refractivity contribution in [2.45, 2.75) is 27.7 Å². The first kappa shape index (κ1) is 21.8. The van der Waals surface area contributed by atoms with Crippen LogP contribution in [0.3, 0.4) is 0 Å². The number of carboxylic acid groups (broad SMARTS) is 2. The molecule has 0 saturated heterocycles. The van der Waals surface area contributed by atoms with Crippen molar-refractivity contribution in [2.75, 3.05) is 0 Å². The number of Topliss-reactive ketones (excluding diaryl/α,β-unsaturated/α-hetero) is 2. The van der Waals surface area contributed by atoms with Crippen LogP contribution in [0, 0.1) is 11.8 Å². The second kappa shape index (κ2) is 10.7. The molecule has 0 aliphatic heterocycles. The van der Waals surface area contributed by atoms with Gasteiger partial charge in [0, 0.05) is 49.6 Å². The molecule has 0 saturated carbocycles. The number of carbonyl (C=O) groups excluding carboxylic acids is 2. The molecule has 0 fully saturated rings. The third-order valence-electron chi connectivity index (χ3n) is 1.47. The van der Waals surface area contributed by atoms with Gasteiger partial charge in [0.1, 0.15) is 0 Å². The van der Waals surface area contributed by atoms with Crippen molar-refractivity contribution in [3.63, 3.8) is 0 Å². The van der Waals surface area contributed by atoms with Crippen LogP contribution in [0.2, 0.25) is 0 Å². The van der Waals surface area contributed by atoms with E-state index >= 15 is 0 Å². The van der Waals surface area contributed by atoms with E-state index < -0.39 is 35.3 Å². The Kier molecular flexibility index (Phi) is 13.7. The molecular weight excluding hydrogens is 256 g/mol. The van der Waals surface area contributed by atoms with Crippen molar-refractivity contribution < 1.29 is 29.4 Å². The van der Waals surface area contributed by atoms with Gasteiger partial charge in [0.05, 0.1) is 0 Å². The van der Waals surface area contributed by atoms with Gasteiger partial charge in [-0.1, -0.05) is 27.7 Å². The molecule has 0 aromatic carbocycles. The molecule has 7 heteroatoms. The zero-order valence-electron chi connectivity index (χ0n) is 10.4. The number of aliphatic carboxylic acids is 2. The Labute approximate surface area is 129 Å². The molecule has 0 bridgehead atoms. The van der Waals surface area contributed by atoms with Crippen molar-refractivity contribution in [3.8, 4) is 0 Å². The van der Waals surface area contributed by atoms with Crippen LogP contribution in [-0.4, -0.2) is 71.5 Å². The van der Waals surface area contributed by atoms with Gasteiger partial charge >= 0.3 is 11.9 Å². The topological polar surface area (TPSA) is 109 Å². The van der Waals surface area contributed by atoms with Gasteiger partial charge in [-0.05, 0) is 0 Å². The molecule has 0 aliphatic carbocycles. The standard InChI is InChI=1S/2C5H8O3.Ca/c2*1-3(2)4(6)5(7)8;/h2*3H,1-2H3,(H,7,8);. The van der Waals surface area contributed by atoms with E-state index in [1.165, 1.54) is 0 Å². The van der Waals surface area contributed by atoms with Crippen molar-refractivity contribution in [3.05, 3.63) is 0 Å². The van der Waals surface area contributed by atoms with Crippen LogP contribution in [-0.2, 0) is 19.2 Å². The Morgan fingerprint density at radius 1 is 0.706 bits per heavy atom. The summed E-state index contributed by atoms with van der Waals surface area (Å²) in [5.74, 6) is -4.95. The number of rotatable bonds is 4. The predicted octanol–water partition coefficient (Wildman–Crippen LogP) is 0.211. The smallest absolute Gasteiger partial charge is 0.372 e. The first-order chi connectivity index (χ1) is 7.11. The maximum Gasteiger partial charge on any atom is 0.372 e. The summed E-state index contributed by atoms with van der Waals surface area (Å²) < 4.78 is 0. The van der Waals surface area contributed by atoms with Gasteiger partial charge in [-0.25, -0.2) is 9.59 Å². The Morgan fingerprint density at radius 3 is 0.882 bits per heavy atom. The van der Waals surface area contributed by atoms with Crippen LogP contribution in [0.5, 0.6) is 0 Å². The van der Waals surface area contributed by atoms with Crippen molar-refractivity contribution >= 4 is 61.2 Å². The van der Waals surface area contributed by atoms with Crippen LogP contribution >= 0.6 is 0 Å². The Morgan fingerprint density at radius 2 is 0.882 bits per heavy atom. The van der Waals surface area contributed by atoms with Crippen LogP contribution in [0.25, 0.3) is 0 Å². The Hall–Kier alpha value is -0.460. The first-order valence-corrected chi connectivity index (χ1v) is 4.65. The second-order valence-electron chi connectivity index (χ2n) is 3.65. The van der Waals surface area contributed by atoms with Crippen LogP contribution in [0.1, 0.15) is 27.7 Å². The largest absolute Gasteiger partial charge is 0.475 e. The fraction of sp³-hybridized carbons (Fsp3) is 0.600. The number of carbonyl (C=O) groups is 4. The molecule has 2 N–H and O–H groups in total. The van der Waals surface area contributed by atoms with Gasteiger partial charge in [-0.3, -0.25) is 9.59 Å². The van der Waals surface area contributed by atoms with Gasteiger partial charge in [-0.15, -0.1) is 0 Å². The van der Waals surface area contributed by atoms with E-state index in [0.29, 0.717) is 0 Å². The normalized spacial score (nSPS) is 8.82. The third-order valence-corrected chi connectivity index (χ3v) is 1.47. The maximum absolute atomic E-state index is 10.2. The zero-order chi connectivity index (χ0) is 13.5. The quantitative estimate of drug-likeness (QED) is 0.559. The van der Waals surface area contributed by atoms with E-state index in [1.54, 1.807) is 27.7 Å². The van der Waals surface area contributed by atoms with E-state index in [2.05, 4.69) is 0 Å². The molecule has 0 unspecified atom stereocenters. The molecule has 0 aromatic rings. The molecule has 6 nitrogen and oxygen atoms in total. The SMILES string of the molecule is CC(C)C(=O)C(=O)O.CC(C)C(=O)C(=O)O.[Ca]. The van der Waals surface area contributed by atoms with Crippen LogP contribution in [0.4, 0.5) is 0 Å². The van der Waals surface area contributed by atoms with Crippen molar-refractivity contribution in [2.24, 2.45) is 11.8 Å². The average molecular weight is 272 g/mol. The minimum absolute atomic E-state index is 0. The minimum atomic E-state index is -1.35. The monoisotopic (exact) mass is 272 g/mol. The average Bonchev–Trinajstić information content (AvgIpc) is 2.15. The van der Waals surface area contributed by atoms with Gasteiger partial charge < -0.3 is 10.2 Å². The van der Waals surface area contributed by atoms with E-state index in [4.69, 9.17) is 10.2 Å². The fourth-order valence-corrected chi connectivity index (χ4v) is 0.494. The molecule has 0 atom stereocenters. The number of carboxylic acids is 2. The van der Waals surface area contributed by atoms with E-state index in [-0.39, 0.29) is 37.7 Å². The summed E-state index contributed by atoms with van der Waals surface area (Å²) in [6.07, 6.45) is 0. The molecule has 17 heavy (non-hydrogen) atoms. The van der Waals surface area contributed by atoms with Crippen LogP contribution in [0.15, 0.2) is 0 Å². The molecule has 0 aliphatic rings. The van der Waals surface area contributed by atoms with E-state index in [1.807, 2.05) is 0 Å². The van der Waals surface area contributed by atoms with E-state index in [0.717, 1.165) is 0 Å². The second-order valence-corrected chi connectivity index (χ2v) is 3.65. The summed E-state index contributed by atoms with van der Waals surface area (Å²) in [6.45, 7) is 6.21. The van der Waals surface area contributed by atoms with Gasteiger partial charge in [-0.2, -0.15) is 0 Å². The van der Waals surface area contributed by atoms with E-state index in [9.17, 15) is 19.2 Å². The zero-order valence-corrected chi connectivity index (χ0v) is 12.6. The summed E-state index contributed by atoms with van der Waals surface area (Å²) >= 11 is 0. The molecule has 2 radical (unpaired) electrons. The number of hydrogen-bond acceptors (Lipinski definition) is 4. The van der Waals surface area contributed by atoms with Crippen molar-refractivity contribution in [1.29, 1.82) is 0 Å². The summed E-state index contributed by atoms with van der Waals surface area (Å²) in [7, 11) is 0. The van der Waals surface area contributed by atoms with Gasteiger partial charge in [0.15, 0.2) is 0 Å². The molecule has 0 rings (SSSR count). The molecule has 0 amide bonds. The fourth-order valence-electron chi connectivity index (χ4n) is 0.494. The summed E-state index contributed by atoms with van der Waals surface area (Å²) in [4.78, 5) is 40.1. The first-order valence-electron chi connectivity index (χ1n) is 4.65. The predicted molar refractivity (Wildman–Crippen MR) is 60.7 cm³/mol. The van der Waals surface area contributed by atoms with Gasteiger partial charge in [0.25, 0.3) is 0 Å². The molecular formula is C10H16CaO6. The van der Waals surface area contributed by atoms with Crippen LogP contribution < -0.4 is 0 Å². The summed E-state index contributed by atoms with van der Waals surface area (Å²) in [5.41, 5.74) is 0. The van der Waals surface area contributed by atoms with Gasteiger partial charge in [0.2, 0.25) is 11.6 Å². The Bertz CT molecular complexity index is 265. The minimum Gasteiger partial charge on any atom is -0.475 e. The number of hydrogen-bond donors (Lipinski definition) is 2. The summed E-state index contributed by atoms with van der Waals surface area (Å²) in [5, 5.41) is 16.0. The number of ketones is 2. The molecule has 0 aromatic heterocycles. The Balaban J connectivity index is -0.000000218. The maximum atomic E-state index is 10.2. The summed E-state index contributed by atoms with van der Waals surface area (Å²) in [6, 6.07) is 0. The molecule has 0 spiro atoms. The van der Waals surface area contributed by atoms with Crippen molar-refractivity contribution in [1.82, 2.24) is 0 Å². The molecule has 94 valence electrons.